The standard InChI is InChI=1S/C30H42NO8.BrH/c1-11-12-31(21(13-18(2)3)30(32)39-10)16-19-14-22(33-4)26(35-6)28(37-8)24(19)25-20(17-31)15-23(34-5)27(36-7)29(25)38-9;/h11,14-15,18,21H,1,12-13,16-17H2,2-10H3;1H/q+1;/p-1. The molecule has 1 unspecified atom stereocenters. The van der Waals surface area contributed by atoms with E-state index in [4.69, 9.17) is 33.2 Å². The summed E-state index contributed by atoms with van der Waals surface area (Å²) in [6.45, 7) is 9.73. The Labute approximate surface area is 248 Å². The van der Waals surface area contributed by atoms with E-state index < -0.39 is 6.04 Å². The highest BCUT2D eigenvalue weighted by Gasteiger charge is 2.47. The van der Waals surface area contributed by atoms with Gasteiger partial charge in [-0.1, -0.05) is 20.4 Å². The number of methoxy groups -OCH3 is 7. The Hall–Kier alpha value is -3.11. The molecule has 0 spiro atoms. The minimum Gasteiger partial charge on any atom is -1.00 e. The average Bonchev–Trinajstić information content (AvgIpc) is 3.07. The SMILES string of the molecule is C=CC[N+]1(C(CC(C)C)C(=O)OC)Cc2cc(OC)c(OC)c(OC)c2-c2c(cc(OC)c(OC)c2OC)C1.[Br-]. The minimum absolute atomic E-state index is 0. The summed E-state index contributed by atoms with van der Waals surface area (Å²) >= 11 is 0. The number of ether oxygens (including phenoxy) is 7. The fourth-order valence-electron chi connectivity index (χ4n) is 5.81. The lowest BCUT2D eigenvalue weighted by atomic mass is 9.93. The molecule has 10 heteroatoms. The summed E-state index contributed by atoms with van der Waals surface area (Å²) in [5, 5.41) is 0. The van der Waals surface area contributed by atoms with Gasteiger partial charge in [0.15, 0.2) is 29.0 Å². The first-order valence-corrected chi connectivity index (χ1v) is 12.9. The first-order valence-electron chi connectivity index (χ1n) is 12.9. The van der Waals surface area contributed by atoms with Crippen LogP contribution < -0.4 is 45.4 Å². The van der Waals surface area contributed by atoms with Gasteiger partial charge in [-0.3, -0.25) is 0 Å². The van der Waals surface area contributed by atoms with Crippen molar-refractivity contribution in [2.75, 3.05) is 56.3 Å². The van der Waals surface area contributed by atoms with E-state index in [1.807, 2.05) is 18.2 Å². The van der Waals surface area contributed by atoms with Crippen LogP contribution >= 0.6 is 0 Å². The molecule has 0 radical (unpaired) electrons. The number of halogens is 1. The average molecular weight is 625 g/mol. The van der Waals surface area contributed by atoms with Crippen molar-refractivity contribution in [1.82, 2.24) is 0 Å². The number of nitrogens with zero attached hydrogens (tertiary/aromatic N) is 1. The summed E-state index contributed by atoms with van der Waals surface area (Å²) in [7, 11) is 11.0. The van der Waals surface area contributed by atoms with Crippen LogP contribution in [-0.2, 0) is 22.6 Å². The number of carbonyl (C=O) groups is 1. The number of quaternary nitrogens is 1. The quantitative estimate of drug-likeness (QED) is 0.202. The summed E-state index contributed by atoms with van der Waals surface area (Å²) in [6, 6.07) is 3.42. The number of fused-ring (bicyclic) bond motifs is 3. The maximum Gasteiger partial charge on any atom is 0.364 e. The maximum absolute atomic E-state index is 13.4. The Morgan fingerprint density at radius 3 is 1.52 bits per heavy atom. The largest absolute Gasteiger partial charge is 1.00 e. The molecule has 1 aliphatic rings. The second-order valence-electron chi connectivity index (χ2n) is 10.0. The van der Waals surface area contributed by atoms with Gasteiger partial charge in [0, 0.05) is 28.7 Å². The molecule has 40 heavy (non-hydrogen) atoms. The lowest BCUT2D eigenvalue weighted by Crippen LogP contribution is -3.00. The minimum atomic E-state index is -0.468. The lowest BCUT2D eigenvalue weighted by Gasteiger charge is -2.43. The first kappa shape index (κ1) is 33.1. The monoisotopic (exact) mass is 623 g/mol. The van der Waals surface area contributed by atoms with Crippen LogP contribution in [0.15, 0.2) is 24.8 Å². The Kier molecular flexibility index (Phi) is 11.6. The second kappa shape index (κ2) is 14.0. The summed E-state index contributed by atoms with van der Waals surface area (Å²) < 4.78 is 40.7. The molecule has 1 atom stereocenters. The van der Waals surface area contributed by atoms with Crippen molar-refractivity contribution in [3.63, 3.8) is 0 Å². The van der Waals surface area contributed by atoms with Crippen molar-refractivity contribution in [3.8, 4) is 45.6 Å². The Morgan fingerprint density at radius 1 is 0.800 bits per heavy atom. The molecule has 3 rings (SSSR count). The molecule has 0 saturated carbocycles. The molecule has 2 aromatic carbocycles. The number of hydrogen-bond acceptors (Lipinski definition) is 8. The number of esters is 1. The zero-order valence-corrected chi connectivity index (χ0v) is 26.6. The third-order valence-electron chi connectivity index (χ3n) is 7.37. The van der Waals surface area contributed by atoms with Gasteiger partial charge < -0.3 is 54.6 Å². The molecule has 1 aliphatic heterocycles. The number of rotatable bonds is 12. The van der Waals surface area contributed by atoms with Gasteiger partial charge in [0.05, 0.1) is 56.3 Å². The normalized spacial score (nSPS) is 13.9. The first-order chi connectivity index (χ1) is 18.7. The number of hydrogen-bond donors (Lipinski definition) is 0. The smallest absolute Gasteiger partial charge is 0.364 e. The molecule has 0 amide bonds. The fourth-order valence-corrected chi connectivity index (χ4v) is 5.81. The predicted molar refractivity (Wildman–Crippen MR) is 149 cm³/mol. The van der Waals surface area contributed by atoms with E-state index in [1.54, 1.807) is 42.7 Å². The molecule has 0 N–H and O–H groups in total. The van der Waals surface area contributed by atoms with Crippen LogP contribution in [0, 0.1) is 5.92 Å². The summed E-state index contributed by atoms with van der Waals surface area (Å²) in [6.07, 6.45) is 2.48. The van der Waals surface area contributed by atoms with Gasteiger partial charge in [0.25, 0.3) is 0 Å². The van der Waals surface area contributed by atoms with Gasteiger partial charge in [-0.05, 0) is 24.1 Å². The van der Waals surface area contributed by atoms with Crippen LogP contribution in [0.5, 0.6) is 34.5 Å². The second-order valence-corrected chi connectivity index (χ2v) is 10.0. The van der Waals surface area contributed by atoms with Crippen molar-refractivity contribution in [2.24, 2.45) is 5.92 Å². The van der Waals surface area contributed by atoms with Gasteiger partial charge in [0.2, 0.25) is 11.5 Å². The predicted octanol–water partition coefficient (Wildman–Crippen LogP) is 2.01. The van der Waals surface area contributed by atoms with Gasteiger partial charge in [-0.2, -0.15) is 0 Å². The van der Waals surface area contributed by atoms with Gasteiger partial charge >= 0.3 is 5.97 Å². The highest BCUT2D eigenvalue weighted by atomic mass is 79.9. The van der Waals surface area contributed by atoms with Gasteiger partial charge in [-0.25, -0.2) is 4.79 Å². The molecule has 9 nitrogen and oxygen atoms in total. The Bertz CT molecular complexity index is 1140. The van der Waals surface area contributed by atoms with Crippen LogP contribution in [0.1, 0.15) is 31.4 Å². The van der Waals surface area contributed by atoms with Crippen molar-refractivity contribution in [2.45, 2.75) is 39.4 Å². The third kappa shape index (κ3) is 5.83. The van der Waals surface area contributed by atoms with Gasteiger partial charge in [-0.15, -0.1) is 0 Å². The van der Waals surface area contributed by atoms with E-state index in [-0.39, 0.29) is 28.9 Å². The topological polar surface area (TPSA) is 81.7 Å². The summed E-state index contributed by atoms with van der Waals surface area (Å²) in [4.78, 5) is 13.4. The van der Waals surface area contributed by atoms with Gasteiger partial charge in [0.1, 0.15) is 13.1 Å². The Morgan fingerprint density at radius 2 is 1.23 bits per heavy atom. The highest BCUT2D eigenvalue weighted by Crippen LogP contribution is 2.56. The van der Waals surface area contributed by atoms with Crippen molar-refractivity contribution in [3.05, 3.63) is 35.9 Å². The molecule has 0 aromatic heterocycles. The molecule has 0 bridgehead atoms. The molecule has 0 aliphatic carbocycles. The zero-order valence-electron chi connectivity index (χ0n) is 25.0. The molecule has 222 valence electrons. The highest BCUT2D eigenvalue weighted by molar-refractivity contribution is 5.88. The molecular weight excluding hydrogens is 582 g/mol. The van der Waals surface area contributed by atoms with E-state index in [9.17, 15) is 4.79 Å². The van der Waals surface area contributed by atoms with E-state index in [1.165, 1.54) is 7.11 Å². The summed E-state index contributed by atoms with van der Waals surface area (Å²) in [5.74, 6) is 2.92. The zero-order chi connectivity index (χ0) is 28.9. The van der Waals surface area contributed by atoms with E-state index in [0.29, 0.717) is 65.0 Å². The number of carbonyl (C=O) groups excluding carboxylic acids is 1. The van der Waals surface area contributed by atoms with Crippen LogP contribution in [0.2, 0.25) is 0 Å². The van der Waals surface area contributed by atoms with E-state index in [0.717, 1.165) is 22.3 Å². The van der Waals surface area contributed by atoms with Crippen LogP contribution in [0.25, 0.3) is 11.1 Å². The van der Waals surface area contributed by atoms with Crippen molar-refractivity contribution < 1.29 is 59.4 Å². The lowest BCUT2D eigenvalue weighted by molar-refractivity contribution is -0.963. The van der Waals surface area contributed by atoms with Crippen LogP contribution in [0.3, 0.4) is 0 Å². The molecule has 1 heterocycles. The van der Waals surface area contributed by atoms with Crippen LogP contribution in [-0.4, -0.2) is 72.8 Å². The number of benzene rings is 2. The molecule has 0 saturated heterocycles. The summed E-state index contributed by atoms with van der Waals surface area (Å²) in [5.41, 5.74) is 3.35. The molecular formula is C30H42BrNO8. The molecule has 2 aromatic rings. The maximum atomic E-state index is 13.4. The third-order valence-corrected chi connectivity index (χ3v) is 7.37. The van der Waals surface area contributed by atoms with Crippen molar-refractivity contribution >= 4 is 5.97 Å². The van der Waals surface area contributed by atoms with E-state index >= 15 is 0 Å². The Balaban J connectivity index is 0.00000560. The fraction of sp³-hybridized carbons (Fsp3) is 0.500. The van der Waals surface area contributed by atoms with Crippen molar-refractivity contribution in [1.29, 1.82) is 0 Å². The van der Waals surface area contributed by atoms with Crippen LogP contribution in [0.4, 0.5) is 0 Å². The molecule has 0 fully saturated rings. The van der Waals surface area contributed by atoms with E-state index in [2.05, 4.69) is 20.4 Å².